The van der Waals surface area contributed by atoms with Crippen LogP contribution in [-0.4, -0.2) is 128 Å². The second-order valence-corrected chi connectivity index (χ2v) is 22.2. The van der Waals surface area contributed by atoms with Gasteiger partial charge in [0.1, 0.15) is 6.54 Å². The number of halogens is 1. The van der Waals surface area contributed by atoms with Crippen LogP contribution in [0.5, 0.6) is 0 Å². The summed E-state index contributed by atoms with van der Waals surface area (Å²) in [6, 6.07) is 7.97. The smallest absolute Gasteiger partial charge is 0.201 e. The van der Waals surface area contributed by atoms with E-state index in [9.17, 15) is 0 Å². The molecule has 16 atom stereocenters. The zero-order valence-corrected chi connectivity index (χ0v) is 39.6. The highest BCUT2D eigenvalue weighted by molar-refractivity contribution is 6.31. The molecule has 2 aliphatic carbocycles. The van der Waals surface area contributed by atoms with Crippen molar-refractivity contribution in [2.24, 2.45) is 47.3 Å². The monoisotopic (exact) mass is 911 g/mol. The summed E-state index contributed by atoms with van der Waals surface area (Å²) in [5.41, 5.74) is 0.783. The van der Waals surface area contributed by atoms with Crippen molar-refractivity contribution >= 4 is 28.2 Å². The predicted octanol–water partition coefficient (Wildman–Crippen LogP) is 7.88. The molecule has 1 N–H and O–H groups in total. The van der Waals surface area contributed by atoms with Gasteiger partial charge >= 0.3 is 0 Å². The average molecular weight is 913 g/mol. The lowest BCUT2D eigenvalue weighted by Gasteiger charge is -2.60. The molecule has 1 aromatic heterocycles. The summed E-state index contributed by atoms with van der Waals surface area (Å²) in [4.78, 5) is 32.0. The molecule has 15 heteroatoms. The van der Waals surface area contributed by atoms with Crippen LogP contribution in [0.25, 0.3) is 10.9 Å². The van der Waals surface area contributed by atoms with Gasteiger partial charge in [-0.1, -0.05) is 39.3 Å². The number of piperazine rings is 1. The van der Waals surface area contributed by atoms with Gasteiger partial charge < -0.3 is 38.2 Å². The Morgan fingerprint density at radius 1 is 0.734 bits per heavy atom. The number of nitrogens with one attached hydrogen (secondary N) is 1. The Morgan fingerprint density at radius 3 is 1.94 bits per heavy atom. The van der Waals surface area contributed by atoms with Crippen LogP contribution in [0.1, 0.15) is 92.9 Å². The highest BCUT2D eigenvalue weighted by atomic mass is 35.5. The van der Waals surface area contributed by atoms with Gasteiger partial charge in [0.15, 0.2) is 36.4 Å². The van der Waals surface area contributed by atoms with E-state index in [1.807, 2.05) is 32.2 Å². The number of hydrogen-bond donors (Lipinski definition) is 1. The third-order valence-electron chi connectivity index (χ3n) is 18.1. The molecule has 1 aromatic carbocycles. The summed E-state index contributed by atoms with van der Waals surface area (Å²) in [5.74, 6) is 0.891. The van der Waals surface area contributed by atoms with Crippen molar-refractivity contribution in [2.75, 3.05) is 70.9 Å². The van der Waals surface area contributed by atoms with Crippen LogP contribution in [0.15, 0.2) is 30.5 Å². The quantitative estimate of drug-likeness (QED) is 0.165. The molecule has 13 rings (SSSR count). The molecular formula is C49H72ClN4O10+. The van der Waals surface area contributed by atoms with E-state index >= 15 is 0 Å². The van der Waals surface area contributed by atoms with Crippen molar-refractivity contribution in [3.63, 3.8) is 0 Å². The molecule has 11 aliphatic rings. The SMILES string of the molecule is C[C@H]1[C@@H](OCCN2CC[N+](CCNc3ccnc4cc(Cl)ccc34)(CCO[C@H]3O[C@@H]4O[C@]5(C)CC[C@H]6[C@H](C)CC[C@@H]([C@H]3C)[C@@]46OO5)CC2)O[C@@H]2O[C@]3(C)CC[C@H]4[C@H](C)CC[C@@H]1[C@@]24OO3. The maximum atomic E-state index is 6.84. The topological polar surface area (TPSA) is 120 Å². The highest BCUT2D eigenvalue weighted by Crippen LogP contribution is 2.62. The Kier molecular flexibility index (Phi) is 11.9. The van der Waals surface area contributed by atoms with Crippen LogP contribution < -0.4 is 5.32 Å². The first-order chi connectivity index (χ1) is 30.8. The number of fused-ring (bicyclic) bond motifs is 5. The molecule has 0 radical (unpaired) electrons. The van der Waals surface area contributed by atoms with E-state index in [4.69, 9.17) is 59.6 Å². The Morgan fingerprint density at radius 2 is 1.33 bits per heavy atom. The minimum atomic E-state index is -0.809. The second kappa shape index (κ2) is 17.0. The van der Waals surface area contributed by atoms with Crippen molar-refractivity contribution < 1.29 is 52.5 Å². The lowest BCUT2D eigenvalue weighted by Crippen LogP contribution is -2.70. The third-order valence-corrected chi connectivity index (χ3v) is 18.4. The fraction of sp³-hybridized carbons (Fsp3) is 0.816. The number of nitrogens with zero attached hydrogens (tertiary/aromatic N) is 3. The number of hydrogen-bond acceptors (Lipinski definition) is 13. The van der Waals surface area contributed by atoms with E-state index in [1.165, 1.54) is 12.8 Å². The first-order valence-corrected chi connectivity index (χ1v) is 25.2. The van der Waals surface area contributed by atoms with Gasteiger partial charge in [-0.15, -0.1) is 0 Å². The van der Waals surface area contributed by atoms with Crippen LogP contribution in [0.2, 0.25) is 5.02 Å². The average Bonchev–Trinajstić information content (AvgIpc) is 3.66. The summed E-state index contributed by atoms with van der Waals surface area (Å²) in [6.45, 7) is 21.8. The molecule has 11 fully saturated rings. The maximum Gasteiger partial charge on any atom is 0.201 e. The summed E-state index contributed by atoms with van der Waals surface area (Å²) < 4.78 is 41.3. The van der Waals surface area contributed by atoms with Crippen LogP contribution in [0.4, 0.5) is 5.69 Å². The molecule has 0 amide bonds. The van der Waals surface area contributed by atoms with E-state index in [-0.39, 0.29) is 36.3 Å². The number of aromatic nitrogens is 1. The van der Waals surface area contributed by atoms with Crippen LogP contribution in [0, 0.1) is 47.3 Å². The van der Waals surface area contributed by atoms with Crippen molar-refractivity contribution in [1.82, 2.24) is 9.88 Å². The van der Waals surface area contributed by atoms with Gasteiger partial charge in [0.2, 0.25) is 11.6 Å². The van der Waals surface area contributed by atoms with Gasteiger partial charge in [0, 0.05) is 78.4 Å². The van der Waals surface area contributed by atoms with Gasteiger partial charge in [0.25, 0.3) is 0 Å². The number of pyridine rings is 1. The van der Waals surface area contributed by atoms with Crippen molar-refractivity contribution in [3.8, 4) is 0 Å². The fourth-order valence-electron chi connectivity index (χ4n) is 14.2. The Bertz CT molecular complexity index is 2010. The molecule has 2 aromatic rings. The zero-order chi connectivity index (χ0) is 44.1. The number of rotatable bonds is 12. The fourth-order valence-corrected chi connectivity index (χ4v) is 14.4. The normalized spacial score (nSPS) is 45.9. The maximum absolute atomic E-state index is 6.84. The molecule has 354 valence electrons. The highest BCUT2D eigenvalue weighted by Gasteiger charge is 2.71. The molecule has 2 saturated carbocycles. The van der Waals surface area contributed by atoms with Crippen molar-refractivity contribution in [1.29, 1.82) is 0 Å². The second-order valence-electron chi connectivity index (χ2n) is 21.8. The predicted molar refractivity (Wildman–Crippen MR) is 237 cm³/mol. The van der Waals surface area contributed by atoms with Gasteiger partial charge in [-0.3, -0.25) is 9.88 Å². The molecule has 4 bridgehead atoms. The minimum absolute atomic E-state index is 0.138. The summed E-state index contributed by atoms with van der Waals surface area (Å²) >= 11 is 6.33. The summed E-state index contributed by atoms with van der Waals surface area (Å²) in [7, 11) is 0. The lowest BCUT2D eigenvalue weighted by atomic mass is 9.58. The van der Waals surface area contributed by atoms with Crippen molar-refractivity contribution in [2.45, 2.75) is 141 Å². The molecule has 10 heterocycles. The molecule has 9 aliphatic heterocycles. The minimum Gasteiger partial charge on any atom is -0.379 e. The third kappa shape index (κ3) is 7.56. The Labute approximate surface area is 383 Å². The first kappa shape index (κ1) is 44.7. The van der Waals surface area contributed by atoms with Gasteiger partial charge in [-0.25, -0.2) is 19.6 Å². The molecule has 0 unspecified atom stereocenters. The van der Waals surface area contributed by atoms with E-state index < -0.39 is 35.4 Å². The molecule has 2 spiro atoms. The number of ether oxygens (including phenoxy) is 6. The van der Waals surface area contributed by atoms with E-state index in [2.05, 4.69) is 55.0 Å². The molecular weight excluding hydrogens is 840 g/mol. The number of anilines is 1. The zero-order valence-electron chi connectivity index (χ0n) is 38.8. The number of benzene rings is 1. The van der Waals surface area contributed by atoms with E-state index in [1.54, 1.807) is 0 Å². The number of quaternary nitrogens is 1. The first-order valence-electron chi connectivity index (χ1n) is 24.8. The van der Waals surface area contributed by atoms with E-state index in [0.29, 0.717) is 41.9 Å². The van der Waals surface area contributed by atoms with Gasteiger partial charge in [-0.05, 0) is 100 Å². The van der Waals surface area contributed by atoms with Crippen LogP contribution in [0.3, 0.4) is 0 Å². The Balaban J connectivity index is 0.741. The summed E-state index contributed by atoms with van der Waals surface area (Å²) in [6.07, 6.45) is 8.20. The molecule has 14 nitrogen and oxygen atoms in total. The molecule has 64 heavy (non-hydrogen) atoms. The summed E-state index contributed by atoms with van der Waals surface area (Å²) in [5, 5.41) is 5.53. The standard InChI is InChI=1S/C49H72ClN4O10/c1-30-7-11-38-32(3)42(57-44-48(38)36(30)13-16-46(5,59-44)61-63-48)55-27-22-53-20-24-54(25-21-53,23-19-52-40-15-18-51-41-29-34(50)9-10-35(40)41)26-28-56-43-33(4)39-12-8-31(2)37-14-17-47(6)60-45(58-43)49(37,39)64-62-47/h9-10,15,18,29-33,36-39,42-45H,7-8,11-14,16-17,19-28H2,1-6H3,(H,51,52)/q+1/t30-,31-,32-,33-,36+,37+,38+,39+,42+,43+,44-,45-,46+,47+,48-,49-/m1/s1. The van der Waals surface area contributed by atoms with Gasteiger partial charge in [-0.2, -0.15) is 0 Å². The van der Waals surface area contributed by atoms with Crippen molar-refractivity contribution in [3.05, 3.63) is 35.5 Å². The lowest BCUT2D eigenvalue weighted by molar-refractivity contribution is -0.931. The van der Waals surface area contributed by atoms with E-state index in [0.717, 1.165) is 112 Å². The van der Waals surface area contributed by atoms with Gasteiger partial charge in [0.05, 0.1) is 44.9 Å². The largest absolute Gasteiger partial charge is 0.379 e. The molecule has 9 saturated heterocycles. The Hall–Kier alpha value is -1.76. The van der Waals surface area contributed by atoms with Crippen LogP contribution >= 0.6 is 11.6 Å². The van der Waals surface area contributed by atoms with Crippen LogP contribution in [-0.2, 0) is 48.0 Å².